The molecule has 3 aromatic carbocycles. The summed E-state index contributed by atoms with van der Waals surface area (Å²) in [5.41, 5.74) is 5.06. The van der Waals surface area contributed by atoms with E-state index in [9.17, 15) is 18.0 Å². The summed E-state index contributed by atoms with van der Waals surface area (Å²) in [6.45, 7) is 5.54. The van der Waals surface area contributed by atoms with E-state index in [1.54, 1.807) is 17.0 Å². The Morgan fingerprint density at radius 1 is 0.902 bits per heavy atom. The summed E-state index contributed by atoms with van der Waals surface area (Å²) in [4.78, 5) is 29.8. The van der Waals surface area contributed by atoms with Crippen molar-refractivity contribution in [1.29, 1.82) is 0 Å². The van der Waals surface area contributed by atoms with Crippen molar-refractivity contribution in [2.45, 2.75) is 71.5 Å². The molecule has 8 heteroatoms. The molecule has 0 bridgehead atoms. The minimum Gasteiger partial charge on any atom is -0.352 e. The zero-order valence-corrected chi connectivity index (χ0v) is 25.3. The molecule has 1 atom stereocenters. The predicted molar refractivity (Wildman–Crippen MR) is 164 cm³/mol. The number of anilines is 1. The molecule has 1 aliphatic carbocycles. The summed E-state index contributed by atoms with van der Waals surface area (Å²) in [7, 11) is -3.80. The van der Waals surface area contributed by atoms with Crippen molar-refractivity contribution >= 4 is 27.5 Å². The molecular formula is C33H41N3O4S. The summed E-state index contributed by atoms with van der Waals surface area (Å²) in [5, 5.41) is 3.20. The fourth-order valence-corrected chi connectivity index (χ4v) is 6.43. The van der Waals surface area contributed by atoms with Gasteiger partial charge in [0.05, 0.1) is 11.9 Å². The van der Waals surface area contributed by atoms with Crippen LogP contribution in [0.4, 0.5) is 5.69 Å². The smallest absolute Gasteiger partial charge is 0.244 e. The Labute approximate surface area is 244 Å². The Kier molecular flexibility index (Phi) is 9.86. The number of carbonyl (C=O) groups excluding carboxylic acids is 2. The number of sulfonamides is 1. The first-order valence-corrected chi connectivity index (χ1v) is 16.1. The van der Waals surface area contributed by atoms with Crippen LogP contribution in [0, 0.1) is 20.8 Å². The molecule has 7 nitrogen and oxygen atoms in total. The molecule has 1 N–H and O–H groups in total. The topological polar surface area (TPSA) is 86.8 Å². The van der Waals surface area contributed by atoms with Crippen LogP contribution in [-0.4, -0.2) is 50.0 Å². The lowest BCUT2D eigenvalue weighted by atomic mass is 10.0. The van der Waals surface area contributed by atoms with Crippen molar-refractivity contribution < 1.29 is 18.0 Å². The third-order valence-electron chi connectivity index (χ3n) is 7.75. The number of hydrogen-bond donors (Lipinski definition) is 1. The lowest BCUT2D eigenvalue weighted by Gasteiger charge is -2.34. The fourth-order valence-electron chi connectivity index (χ4n) is 5.60. The Balaban J connectivity index is 1.75. The average molecular weight is 576 g/mol. The molecule has 1 saturated carbocycles. The average Bonchev–Trinajstić information content (AvgIpc) is 3.42. The van der Waals surface area contributed by atoms with Crippen molar-refractivity contribution in [3.63, 3.8) is 0 Å². The molecule has 0 heterocycles. The SMILES string of the molecule is Cc1cc(C)cc(N(CC(=O)N(Cc2ccccc2C)[C@H](Cc2ccccc2)C(=O)NC2CCCC2)S(C)(=O)=O)c1. The van der Waals surface area contributed by atoms with Crippen LogP contribution in [0.1, 0.15) is 53.5 Å². The minimum atomic E-state index is -3.80. The highest BCUT2D eigenvalue weighted by molar-refractivity contribution is 7.92. The van der Waals surface area contributed by atoms with E-state index < -0.39 is 28.5 Å². The third kappa shape index (κ3) is 8.19. The Morgan fingerprint density at radius 3 is 2.12 bits per heavy atom. The van der Waals surface area contributed by atoms with Gasteiger partial charge in [0, 0.05) is 19.0 Å². The monoisotopic (exact) mass is 575 g/mol. The van der Waals surface area contributed by atoms with Gasteiger partial charge in [-0.25, -0.2) is 8.42 Å². The number of nitrogens with zero attached hydrogens (tertiary/aromatic N) is 2. The lowest BCUT2D eigenvalue weighted by Crippen LogP contribution is -2.54. The van der Waals surface area contributed by atoms with Crippen LogP contribution >= 0.6 is 0 Å². The molecule has 0 radical (unpaired) electrons. The van der Waals surface area contributed by atoms with Gasteiger partial charge in [-0.2, -0.15) is 0 Å². The highest BCUT2D eigenvalue weighted by Crippen LogP contribution is 2.24. The van der Waals surface area contributed by atoms with Gasteiger partial charge >= 0.3 is 0 Å². The number of aryl methyl sites for hydroxylation is 3. The molecule has 2 amide bonds. The van der Waals surface area contributed by atoms with Crippen molar-refractivity contribution in [2.75, 3.05) is 17.1 Å². The number of carbonyl (C=O) groups is 2. The molecule has 218 valence electrons. The summed E-state index contributed by atoms with van der Waals surface area (Å²) in [5.74, 6) is -0.639. The molecule has 1 aliphatic rings. The van der Waals surface area contributed by atoms with E-state index in [-0.39, 0.29) is 18.5 Å². The number of hydrogen-bond acceptors (Lipinski definition) is 4. The van der Waals surface area contributed by atoms with E-state index in [4.69, 9.17) is 0 Å². The first-order valence-electron chi connectivity index (χ1n) is 14.3. The van der Waals surface area contributed by atoms with Crippen molar-refractivity contribution in [3.8, 4) is 0 Å². The lowest BCUT2D eigenvalue weighted by molar-refractivity contribution is -0.140. The summed E-state index contributed by atoms with van der Waals surface area (Å²) < 4.78 is 27.2. The van der Waals surface area contributed by atoms with Crippen molar-refractivity contribution in [2.24, 2.45) is 0 Å². The number of amides is 2. The minimum absolute atomic E-state index is 0.0824. The largest absolute Gasteiger partial charge is 0.352 e. The Morgan fingerprint density at radius 2 is 1.51 bits per heavy atom. The maximum Gasteiger partial charge on any atom is 0.244 e. The maximum absolute atomic E-state index is 14.3. The molecular weight excluding hydrogens is 534 g/mol. The van der Waals surface area contributed by atoms with Gasteiger partial charge in [-0.3, -0.25) is 13.9 Å². The Hall–Kier alpha value is -3.65. The zero-order chi connectivity index (χ0) is 29.6. The molecule has 4 rings (SSSR count). The zero-order valence-electron chi connectivity index (χ0n) is 24.5. The summed E-state index contributed by atoms with van der Waals surface area (Å²) in [6.07, 6.45) is 5.41. The van der Waals surface area contributed by atoms with Crippen LogP contribution in [0.2, 0.25) is 0 Å². The van der Waals surface area contributed by atoms with Gasteiger partial charge in [0.1, 0.15) is 12.6 Å². The molecule has 0 aromatic heterocycles. The second-order valence-electron chi connectivity index (χ2n) is 11.3. The highest BCUT2D eigenvalue weighted by atomic mass is 32.2. The van der Waals surface area contributed by atoms with E-state index in [1.165, 1.54) is 0 Å². The molecule has 1 fully saturated rings. The van der Waals surface area contributed by atoms with Crippen LogP contribution < -0.4 is 9.62 Å². The molecule has 0 aliphatic heterocycles. The van der Waals surface area contributed by atoms with Crippen LogP contribution in [0.15, 0.2) is 72.8 Å². The van der Waals surface area contributed by atoms with Crippen LogP contribution in [0.3, 0.4) is 0 Å². The van der Waals surface area contributed by atoms with Crippen LogP contribution in [-0.2, 0) is 32.6 Å². The van der Waals surface area contributed by atoms with E-state index in [0.717, 1.165) is 64.1 Å². The van der Waals surface area contributed by atoms with Gasteiger partial charge in [0.2, 0.25) is 21.8 Å². The normalized spacial score (nSPS) is 14.4. The standard InChI is InChI=1S/C33H41N3O4S/c1-24-18-25(2)20-30(19-24)36(41(4,39)40)23-32(37)35(22-28-15-9-8-12-26(28)3)31(21-27-13-6-5-7-14-27)33(38)34-29-16-10-11-17-29/h5-9,12-15,18-20,29,31H,10-11,16-17,21-23H2,1-4H3,(H,34,38)/t31-/m1/s1. The van der Waals surface area contributed by atoms with Gasteiger partial charge in [-0.1, -0.05) is 73.5 Å². The summed E-state index contributed by atoms with van der Waals surface area (Å²) >= 11 is 0. The number of nitrogens with one attached hydrogen (secondary N) is 1. The van der Waals surface area contributed by atoms with Crippen molar-refractivity contribution in [3.05, 3.63) is 101 Å². The third-order valence-corrected chi connectivity index (χ3v) is 8.89. The Bertz CT molecular complexity index is 1450. The summed E-state index contributed by atoms with van der Waals surface area (Å²) in [6, 6.07) is 22.2. The highest BCUT2D eigenvalue weighted by Gasteiger charge is 2.34. The van der Waals surface area contributed by atoms with Gasteiger partial charge in [-0.15, -0.1) is 0 Å². The number of benzene rings is 3. The fraction of sp³-hybridized carbons (Fsp3) is 0.394. The molecule has 0 spiro atoms. The van der Waals surface area contributed by atoms with Crippen molar-refractivity contribution in [1.82, 2.24) is 10.2 Å². The van der Waals surface area contributed by atoms with Crippen LogP contribution in [0.25, 0.3) is 0 Å². The predicted octanol–water partition coefficient (Wildman–Crippen LogP) is 5.08. The maximum atomic E-state index is 14.3. The van der Waals surface area contributed by atoms with Gasteiger partial charge in [0.15, 0.2) is 0 Å². The quantitative estimate of drug-likeness (QED) is 0.346. The number of rotatable bonds is 11. The van der Waals surface area contributed by atoms with E-state index in [0.29, 0.717) is 12.1 Å². The molecule has 0 unspecified atom stereocenters. The second-order valence-corrected chi connectivity index (χ2v) is 13.2. The van der Waals surface area contributed by atoms with E-state index >= 15 is 0 Å². The van der Waals surface area contributed by atoms with Gasteiger partial charge in [0.25, 0.3) is 0 Å². The van der Waals surface area contributed by atoms with Gasteiger partial charge < -0.3 is 10.2 Å². The van der Waals surface area contributed by atoms with E-state index in [2.05, 4.69) is 5.32 Å². The second kappa shape index (κ2) is 13.3. The molecule has 41 heavy (non-hydrogen) atoms. The molecule has 0 saturated heterocycles. The first-order chi connectivity index (χ1) is 19.5. The molecule has 3 aromatic rings. The first kappa shape index (κ1) is 30.3. The van der Waals surface area contributed by atoms with E-state index in [1.807, 2.05) is 81.4 Å². The van der Waals surface area contributed by atoms with Crippen LogP contribution in [0.5, 0.6) is 0 Å². The van der Waals surface area contributed by atoms with Gasteiger partial charge in [-0.05, 0) is 73.6 Å².